The molecule has 1 aromatic heterocycles. The lowest BCUT2D eigenvalue weighted by atomic mass is 10.2. The van der Waals surface area contributed by atoms with Crippen molar-refractivity contribution in [3.8, 4) is 0 Å². The number of benzene rings is 1. The molecule has 0 aliphatic carbocycles. The largest absolute Gasteiger partial charge is 0.385 e. The summed E-state index contributed by atoms with van der Waals surface area (Å²) in [6.07, 6.45) is 0.993. The molecular formula is C18H25N3O2S. The van der Waals surface area contributed by atoms with Gasteiger partial charge in [0.2, 0.25) is 5.91 Å². The van der Waals surface area contributed by atoms with E-state index in [1.807, 2.05) is 36.6 Å². The van der Waals surface area contributed by atoms with Gasteiger partial charge in [-0.3, -0.25) is 9.69 Å². The maximum atomic E-state index is 12.1. The van der Waals surface area contributed by atoms with Gasteiger partial charge in [-0.2, -0.15) is 0 Å². The maximum Gasteiger partial charge on any atom is 0.230 e. The van der Waals surface area contributed by atoms with Gasteiger partial charge in [-0.15, -0.1) is 11.3 Å². The number of hydrogen-bond acceptors (Lipinski definition) is 5. The summed E-state index contributed by atoms with van der Waals surface area (Å²) in [4.78, 5) is 20.6. The van der Waals surface area contributed by atoms with Crippen molar-refractivity contribution in [1.29, 1.82) is 0 Å². The number of aromatic nitrogens is 1. The molecule has 0 radical (unpaired) electrons. The molecule has 24 heavy (non-hydrogen) atoms. The first kappa shape index (κ1) is 18.6. The second-order valence-corrected chi connectivity index (χ2v) is 6.73. The van der Waals surface area contributed by atoms with E-state index in [0.717, 1.165) is 37.5 Å². The number of thiazole rings is 1. The third-order valence-electron chi connectivity index (χ3n) is 3.66. The zero-order chi connectivity index (χ0) is 17.5. The number of aryl methyl sites for hydroxylation is 1. The minimum atomic E-state index is -0.0341. The molecule has 2 aromatic rings. The van der Waals surface area contributed by atoms with E-state index in [1.165, 1.54) is 16.9 Å². The Morgan fingerprint density at radius 3 is 2.62 bits per heavy atom. The molecule has 0 spiro atoms. The van der Waals surface area contributed by atoms with Crippen LogP contribution in [0.5, 0.6) is 0 Å². The number of amides is 1. The third kappa shape index (κ3) is 5.12. The van der Waals surface area contributed by atoms with Crippen LogP contribution in [0.3, 0.4) is 0 Å². The number of hydrogen-bond donors (Lipinski definition) is 0. The van der Waals surface area contributed by atoms with Crippen LogP contribution in [0.1, 0.15) is 24.6 Å². The highest BCUT2D eigenvalue weighted by molar-refractivity contribution is 7.14. The third-order valence-corrected chi connectivity index (χ3v) is 4.53. The van der Waals surface area contributed by atoms with Crippen molar-refractivity contribution in [2.45, 2.75) is 26.8 Å². The average Bonchev–Trinajstić information content (AvgIpc) is 2.97. The number of methoxy groups -OCH3 is 1. The molecule has 2 rings (SSSR count). The van der Waals surface area contributed by atoms with E-state index in [2.05, 4.69) is 16.9 Å². The van der Waals surface area contributed by atoms with Crippen molar-refractivity contribution in [3.63, 3.8) is 0 Å². The van der Waals surface area contributed by atoms with E-state index in [1.54, 1.807) is 18.9 Å². The van der Waals surface area contributed by atoms with Crippen LogP contribution in [-0.4, -0.2) is 43.1 Å². The molecular weight excluding hydrogens is 322 g/mol. The predicted molar refractivity (Wildman–Crippen MR) is 98.9 cm³/mol. The molecule has 0 atom stereocenters. The van der Waals surface area contributed by atoms with Gasteiger partial charge in [-0.25, -0.2) is 4.98 Å². The summed E-state index contributed by atoms with van der Waals surface area (Å²) in [5.74, 6) is -0.0341. The second kappa shape index (κ2) is 8.92. The zero-order valence-electron chi connectivity index (χ0n) is 14.8. The predicted octanol–water partition coefficient (Wildman–Crippen LogP) is 3.60. The molecule has 1 aromatic carbocycles. The van der Waals surface area contributed by atoms with Crippen LogP contribution in [0.4, 0.5) is 10.8 Å². The van der Waals surface area contributed by atoms with Crippen molar-refractivity contribution in [1.82, 2.24) is 9.88 Å². The minimum absolute atomic E-state index is 0.0341. The van der Waals surface area contributed by atoms with Gasteiger partial charge in [0, 0.05) is 39.1 Å². The fourth-order valence-corrected chi connectivity index (χ4v) is 3.30. The fourth-order valence-electron chi connectivity index (χ4n) is 2.43. The van der Waals surface area contributed by atoms with Crippen LogP contribution in [-0.2, 0) is 16.1 Å². The Labute approximate surface area is 147 Å². The zero-order valence-corrected chi connectivity index (χ0v) is 15.6. The molecule has 0 N–H and O–H groups in total. The molecule has 0 aliphatic rings. The first-order valence-corrected chi connectivity index (χ1v) is 8.88. The van der Waals surface area contributed by atoms with Gasteiger partial charge in [0.05, 0.1) is 11.4 Å². The van der Waals surface area contributed by atoms with E-state index in [9.17, 15) is 4.79 Å². The smallest absolute Gasteiger partial charge is 0.230 e. The molecule has 1 heterocycles. The lowest BCUT2D eigenvalue weighted by molar-refractivity contribution is -0.115. The Morgan fingerprint density at radius 1 is 1.29 bits per heavy atom. The number of carbonyl (C=O) groups excluding carboxylic acids is 1. The van der Waals surface area contributed by atoms with Gasteiger partial charge in [0.25, 0.3) is 0 Å². The van der Waals surface area contributed by atoms with Crippen molar-refractivity contribution in [2.75, 3.05) is 32.2 Å². The molecule has 0 unspecified atom stereocenters. The quantitative estimate of drug-likeness (QED) is 0.685. The number of ether oxygens (including phenoxy) is 1. The fraction of sp³-hybridized carbons (Fsp3) is 0.444. The number of anilines is 2. The van der Waals surface area contributed by atoms with Gasteiger partial charge < -0.3 is 9.64 Å². The Bertz CT molecular complexity index is 655. The molecule has 0 fully saturated rings. The summed E-state index contributed by atoms with van der Waals surface area (Å²) in [6.45, 7) is 6.08. The molecule has 1 amide bonds. The summed E-state index contributed by atoms with van der Waals surface area (Å²) in [5, 5.41) is 2.73. The van der Waals surface area contributed by atoms with Crippen molar-refractivity contribution < 1.29 is 9.53 Å². The summed E-state index contributed by atoms with van der Waals surface area (Å²) in [7, 11) is 3.78. The summed E-state index contributed by atoms with van der Waals surface area (Å²) in [5.41, 5.74) is 3.00. The summed E-state index contributed by atoms with van der Waals surface area (Å²) in [6, 6.07) is 7.91. The maximum absolute atomic E-state index is 12.1. The Kier molecular flexibility index (Phi) is 6.90. The number of carbonyl (C=O) groups is 1. The Hall–Kier alpha value is -1.76. The molecule has 130 valence electrons. The average molecular weight is 347 g/mol. The monoisotopic (exact) mass is 347 g/mol. The lowest BCUT2D eigenvalue weighted by Gasteiger charge is -2.18. The molecule has 0 aliphatic heterocycles. The standard InChI is InChI=1S/C18H25N3O2S/c1-14-6-8-17(9-7-14)21(15(2)22)18-19-16(13-24-18)12-20(3)10-5-11-23-4/h6-9,13H,5,10-12H2,1-4H3. The van der Waals surface area contributed by atoms with Crippen LogP contribution >= 0.6 is 11.3 Å². The molecule has 6 heteroatoms. The summed E-state index contributed by atoms with van der Waals surface area (Å²) >= 11 is 1.50. The second-order valence-electron chi connectivity index (χ2n) is 5.90. The van der Waals surface area contributed by atoms with Gasteiger partial charge in [0.15, 0.2) is 5.13 Å². The lowest BCUT2D eigenvalue weighted by Crippen LogP contribution is -2.23. The van der Waals surface area contributed by atoms with E-state index in [-0.39, 0.29) is 5.91 Å². The van der Waals surface area contributed by atoms with E-state index in [4.69, 9.17) is 4.74 Å². The van der Waals surface area contributed by atoms with Crippen LogP contribution in [0, 0.1) is 6.92 Å². The molecule has 0 saturated carbocycles. The summed E-state index contributed by atoms with van der Waals surface area (Å²) < 4.78 is 5.08. The Morgan fingerprint density at radius 2 is 2.00 bits per heavy atom. The molecule has 0 bridgehead atoms. The van der Waals surface area contributed by atoms with Crippen LogP contribution in [0.25, 0.3) is 0 Å². The molecule has 5 nitrogen and oxygen atoms in total. The highest BCUT2D eigenvalue weighted by atomic mass is 32.1. The van der Waals surface area contributed by atoms with Gasteiger partial charge in [-0.05, 0) is 32.5 Å². The Balaban J connectivity index is 2.08. The van der Waals surface area contributed by atoms with E-state index >= 15 is 0 Å². The highest BCUT2D eigenvalue weighted by Gasteiger charge is 2.18. The first-order valence-electron chi connectivity index (χ1n) is 8.00. The van der Waals surface area contributed by atoms with Crippen molar-refractivity contribution >= 4 is 28.1 Å². The van der Waals surface area contributed by atoms with Crippen molar-refractivity contribution in [3.05, 3.63) is 40.9 Å². The normalized spacial score (nSPS) is 11.0. The van der Waals surface area contributed by atoms with Gasteiger partial charge in [-0.1, -0.05) is 17.7 Å². The van der Waals surface area contributed by atoms with Crippen LogP contribution < -0.4 is 4.90 Å². The van der Waals surface area contributed by atoms with Gasteiger partial charge in [0.1, 0.15) is 0 Å². The first-order chi connectivity index (χ1) is 11.5. The van der Waals surface area contributed by atoms with E-state index < -0.39 is 0 Å². The van der Waals surface area contributed by atoms with Gasteiger partial charge >= 0.3 is 0 Å². The van der Waals surface area contributed by atoms with Crippen LogP contribution in [0.15, 0.2) is 29.6 Å². The molecule has 0 saturated heterocycles. The number of nitrogens with zero attached hydrogens (tertiary/aromatic N) is 3. The van der Waals surface area contributed by atoms with Crippen molar-refractivity contribution in [2.24, 2.45) is 0 Å². The number of rotatable bonds is 8. The van der Waals surface area contributed by atoms with Crippen LogP contribution in [0.2, 0.25) is 0 Å². The highest BCUT2D eigenvalue weighted by Crippen LogP contribution is 2.29. The minimum Gasteiger partial charge on any atom is -0.385 e. The topological polar surface area (TPSA) is 45.7 Å². The van der Waals surface area contributed by atoms with E-state index in [0.29, 0.717) is 5.13 Å². The SMILES string of the molecule is COCCCN(C)Cc1csc(N(C(C)=O)c2ccc(C)cc2)n1.